The molecule has 0 aliphatic carbocycles. The molecular formula is C11H8Cl2N2O. The van der Waals surface area contributed by atoms with Gasteiger partial charge in [-0.2, -0.15) is 0 Å². The Kier molecular flexibility index (Phi) is 3.59. The molecule has 0 amide bonds. The lowest BCUT2D eigenvalue weighted by molar-refractivity contribution is 0.290. The molecule has 0 saturated heterocycles. The van der Waals surface area contributed by atoms with Crippen molar-refractivity contribution in [3.05, 3.63) is 52.1 Å². The molecule has 0 aliphatic rings. The first-order valence-corrected chi connectivity index (χ1v) is 5.36. The zero-order valence-electron chi connectivity index (χ0n) is 8.23. The highest BCUT2D eigenvalue weighted by atomic mass is 35.5. The van der Waals surface area contributed by atoms with E-state index in [1.165, 1.54) is 0 Å². The predicted octanol–water partition coefficient (Wildman–Crippen LogP) is 3.36. The number of nitrogens with zero attached hydrogens (tertiary/aromatic N) is 2. The first-order valence-electron chi connectivity index (χ1n) is 4.60. The lowest BCUT2D eigenvalue weighted by atomic mass is 10.2. The molecule has 0 spiro atoms. The molecule has 0 N–H and O–H groups in total. The minimum Gasteiger partial charge on any atom is -0.472 e. The molecule has 82 valence electrons. The normalized spacial score (nSPS) is 10.1. The van der Waals surface area contributed by atoms with Crippen molar-refractivity contribution in [2.45, 2.75) is 6.61 Å². The third-order valence-corrected chi connectivity index (χ3v) is 2.36. The Bertz CT molecular complexity index is 411. The van der Waals surface area contributed by atoms with Crippen LogP contribution in [0.3, 0.4) is 0 Å². The SMILES string of the molecule is Clc1ccc(COc2ccc(Cl)nn2)cc1. The Hall–Kier alpha value is -1.32. The Balaban J connectivity index is 1.97. The smallest absolute Gasteiger partial charge is 0.233 e. The molecule has 0 aliphatic heterocycles. The van der Waals surface area contributed by atoms with Gasteiger partial charge < -0.3 is 4.74 Å². The molecule has 2 aromatic rings. The van der Waals surface area contributed by atoms with Gasteiger partial charge in [0.1, 0.15) is 6.61 Å². The number of ether oxygens (including phenoxy) is 1. The third-order valence-electron chi connectivity index (χ3n) is 1.91. The Morgan fingerprint density at radius 3 is 2.31 bits per heavy atom. The van der Waals surface area contributed by atoms with Gasteiger partial charge >= 0.3 is 0 Å². The Morgan fingerprint density at radius 1 is 0.938 bits per heavy atom. The molecule has 1 heterocycles. The predicted molar refractivity (Wildman–Crippen MR) is 62.8 cm³/mol. The Morgan fingerprint density at radius 2 is 1.69 bits per heavy atom. The molecule has 0 atom stereocenters. The van der Waals surface area contributed by atoms with Crippen LogP contribution < -0.4 is 4.74 Å². The van der Waals surface area contributed by atoms with E-state index in [2.05, 4.69) is 10.2 Å². The van der Waals surface area contributed by atoms with Crippen molar-refractivity contribution in [3.8, 4) is 5.88 Å². The molecular weight excluding hydrogens is 247 g/mol. The van der Waals surface area contributed by atoms with Crippen LogP contribution in [0.5, 0.6) is 5.88 Å². The van der Waals surface area contributed by atoms with E-state index in [-0.39, 0.29) is 0 Å². The standard InChI is InChI=1S/C11H8Cl2N2O/c12-9-3-1-8(2-4-9)7-16-11-6-5-10(13)14-15-11/h1-6H,7H2. The maximum atomic E-state index is 5.77. The maximum Gasteiger partial charge on any atom is 0.233 e. The zero-order valence-corrected chi connectivity index (χ0v) is 9.74. The fourth-order valence-electron chi connectivity index (χ4n) is 1.12. The highest BCUT2D eigenvalue weighted by Gasteiger charge is 1.98. The van der Waals surface area contributed by atoms with Crippen LogP contribution in [0, 0.1) is 0 Å². The number of halogens is 2. The van der Waals surface area contributed by atoms with Crippen LogP contribution in [0.2, 0.25) is 10.2 Å². The van der Waals surface area contributed by atoms with Crippen LogP contribution in [0.1, 0.15) is 5.56 Å². The van der Waals surface area contributed by atoms with Gasteiger partial charge in [0.25, 0.3) is 0 Å². The molecule has 2 rings (SSSR count). The van der Waals surface area contributed by atoms with Gasteiger partial charge in [-0.05, 0) is 23.8 Å². The van der Waals surface area contributed by atoms with Crippen molar-refractivity contribution in [2.24, 2.45) is 0 Å². The highest BCUT2D eigenvalue weighted by Crippen LogP contribution is 2.13. The molecule has 1 aromatic carbocycles. The second-order valence-electron chi connectivity index (χ2n) is 3.11. The van der Waals surface area contributed by atoms with Gasteiger partial charge in [0, 0.05) is 11.1 Å². The quantitative estimate of drug-likeness (QED) is 0.843. The van der Waals surface area contributed by atoms with Gasteiger partial charge in [0.15, 0.2) is 5.15 Å². The van der Waals surface area contributed by atoms with E-state index in [4.69, 9.17) is 27.9 Å². The largest absolute Gasteiger partial charge is 0.472 e. The minimum absolute atomic E-state index is 0.346. The van der Waals surface area contributed by atoms with E-state index in [0.29, 0.717) is 22.7 Å². The topological polar surface area (TPSA) is 35.0 Å². The van der Waals surface area contributed by atoms with Crippen LogP contribution in [0.4, 0.5) is 0 Å². The summed E-state index contributed by atoms with van der Waals surface area (Å²) in [6.07, 6.45) is 0. The molecule has 0 saturated carbocycles. The number of hydrogen-bond acceptors (Lipinski definition) is 3. The molecule has 5 heteroatoms. The molecule has 0 unspecified atom stereocenters. The number of rotatable bonds is 3. The van der Waals surface area contributed by atoms with Gasteiger partial charge in [0.05, 0.1) is 0 Å². The van der Waals surface area contributed by atoms with Crippen LogP contribution in [0.25, 0.3) is 0 Å². The second kappa shape index (κ2) is 5.14. The summed E-state index contributed by atoms with van der Waals surface area (Å²) in [5.74, 6) is 0.444. The van der Waals surface area contributed by atoms with Crippen molar-refractivity contribution in [3.63, 3.8) is 0 Å². The first-order chi connectivity index (χ1) is 7.74. The van der Waals surface area contributed by atoms with Gasteiger partial charge in [0.2, 0.25) is 5.88 Å². The van der Waals surface area contributed by atoms with E-state index >= 15 is 0 Å². The maximum absolute atomic E-state index is 5.77. The lowest BCUT2D eigenvalue weighted by Crippen LogP contribution is -1.97. The van der Waals surface area contributed by atoms with E-state index in [9.17, 15) is 0 Å². The van der Waals surface area contributed by atoms with Crippen molar-refractivity contribution in [2.75, 3.05) is 0 Å². The fourth-order valence-corrected chi connectivity index (χ4v) is 1.35. The van der Waals surface area contributed by atoms with E-state index in [0.717, 1.165) is 5.56 Å². The zero-order chi connectivity index (χ0) is 11.4. The van der Waals surface area contributed by atoms with Crippen LogP contribution in [0.15, 0.2) is 36.4 Å². The Labute approximate surface area is 103 Å². The van der Waals surface area contributed by atoms with Crippen molar-refractivity contribution in [1.82, 2.24) is 10.2 Å². The summed E-state index contributed by atoms with van der Waals surface area (Å²) in [6, 6.07) is 10.7. The van der Waals surface area contributed by atoms with E-state index in [1.54, 1.807) is 12.1 Å². The monoisotopic (exact) mass is 254 g/mol. The third kappa shape index (κ3) is 3.08. The summed E-state index contributed by atoms with van der Waals surface area (Å²) < 4.78 is 5.41. The van der Waals surface area contributed by atoms with Crippen molar-refractivity contribution in [1.29, 1.82) is 0 Å². The molecule has 16 heavy (non-hydrogen) atoms. The average Bonchev–Trinajstić information content (AvgIpc) is 2.30. The molecule has 0 fully saturated rings. The van der Waals surface area contributed by atoms with Gasteiger partial charge in [-0.1, -0.05) is 35.3 Å². The second-order valence-corrected chi connectivity index (χ2v) is 3.93. The van der Waals surface area contributed by atoms with Gasteiger partial charge in [-0.25, -0.2) is 0 Å². The average molecular weight is 255 g/mol. The number of aromatic nitrogens is 2. The van der Waals surface area contributed by atoms with Gasteiger partial charge in [-0.3, -0.25) is 0 Å². The van der Waals surface area contributed by atoms with Crippen molar-refractivity contribution < 1.29 is 4.74 Å². The van der Waals surface area contributed by atoms with E-state index in [1.807, 2.05) is 24.3 Å². The summed E-state index contributed by atoms with van der Waals surface area (Å²) in [4.78, 5) is 0. The van der Waals surface area contributed by atoms with Crippen LogP contribution in [-0.2, 0) is 6.61 Å². The number of hydrogen-bond donors (Lipinski definition) is 0. The summed E-state index contributed by atoms with van der Waals surface area (Å²) in [5, 5.41) is 8.51. The molecule has 0 bridgehead atoms. The summed E-state index contributed by atoms with van der Waals surface area (Å²) >= 11 is 11.4. The minimum atomic E-state index is 0.346. The highest BCUT2D eigenvalue weighted by molar-refractivity contribution is 6.30. The number of benzene rings is 1. The van der Waals surface area contributed by atoms with Crippen LogP contribution in [-0.4, -0.2) is 10.2 Å². The van der Waals surface area contributed by atoms with Crippen LogP contribution >= 0.6 is 23.2 Å². The summed E-state index contributed by atoms with van der Waals surface area (Å²) in [6.45, 7) is 0.424. The van der Waals surface area contributed by atoms with E-state index < -0.39 is 0 Å². The lowest BCUT2D eigenvalue weighted by Gasteiger charge is -2.04. The fraction of sp³-hybridized carbons (Fsp3) is 0.0909. The summed E-state index contributed by atoms with van der Waals surface area (Å²) in [7, 11) is 0. The first kappa shape index (κ1) is 11.2. The molecule has 0 radical (unpaired) electrons. The molecule has 3 nitrogen and oxygen atoms in total. The van der Waals surface area contributed by atoms with Gasteiger partial charge in [-0.15, -0.1) is 10.2 Å². The summed E-state index contributed by atoms with van der Waals surface area (Å²) in [5.41, 5.74) is 1.01. The molecule has 1 aromatic heterocycles. The van der Waals surface area contributed by atoms with Crippen molar-refractivity contribution >= 4 is 23.2 Å².